The Morgan fingerprint density at radius 2 is 1.80 bits per heavy atom. The van der Waals surface area contributed by atoms with Crippen molar-refractivity contribution in [3.8, 4) is 5.75 Å². The third-order valence-electron chi connectivity index (χ3n) is 3.75. The van der Waals surface area contributed by atoms with Crippen molar-refractivity contribution in [2.24, 2.45) is 0 Å². The van der Waals surface area contributed by atoms with Crippen LogP contribution in [-0.2, 0) is 16.3 Å². The molecule has 0 saturated carbocycles. The summed E-state index contributed by atoms with van der Waals surface area (Å²) in [6, 6.07) is 15.2. The number of rotatable bonds is 7. The van der Waals surface area contributed by atoms with Crippen LogP contribution in [0.5, 0.6) is 5.75 Å². The van der Waals surface area contributed by atoms with Crippen LogP contribution in [0.15, 0.2) is 67.3 Å². The minimum Gasteiger partial charge on any atom is -0.467 e. The van der Waals surface area contributed by atoms with Gasteiger partial charge in [0.05, 0.1) is 6.33 Å². The third kappa shape index (κ3) is 4.75. The number of benzene rings is 2. The van der Waals surface area contributed by atoms with Gasteiger partial charge in [0.25, 0.3) is 0 Å². The van der Waals surface area contributed by atoms with Gasteiger partial charge < -0.3 is 9.47 Å². The quantitative estimate of drug-likeness (QED) is 0.430. The second-order valence-electron chi connectivity index (χ2n) is 5.68. The number of ether oxygens (including phenoxy) is 2. The lowest BCUT2D eigenvalue weighted by molar-refractivity contribution is -0.101. The first kappa shape index (κ1) is 17.8. The van der Waals surface area contributed by atoms with Gasteiger partial charge in [0.15, 0.2) is 6.79 Å². The molecule has 4 nitrogen and oxygen atoms in total. The highest BCUT2D eigenvalue weighted by molar-refractivity contribution is 6.30. The predicted octanol–water partition coefficient (Wildman–Crippen LogP) is 4.99. The molecule has 130 valence electrons. The van der Waals surface area contributed by atoms with Crippen molar-refractivity contribution in [2.45, 2.75) is 18.5 Å². The number of nitrogens with zero attached hydrogens (tertiary/aromatic N) is 2. The van der Waals surface area contributed by atoms with E-state index in [2.05, 4.69) is 4.98 Å². The first-order valence-electron chi connectivity index (χ1n) is 7.80. The van der Waals surface area contributed by atoms with Gasteiger partial charge in [-0.2, -0.15) is 0 Å². The Morgan fingerprint density at radius 1 is 1.08 bits per heavy atom. The van der Waals surface area contributed by atoms with Gasteiger partial charge >= 0.3 is 0 Å². The average molecular weight is 377 g/mol. The van der Waals surface area contributed by atoms with Crippen LogP contribution in [0, 0.1) is 6.92 Å². The van der Waals surface area contributed by atoms with Gasteiger partial charge in [-0.1, -0.05) is 53.0 Å². The summed E-state index contributed by atoms with van der Waals surface area (Å²) in [6.45, 7) is 2.04. The number of aryl methyl sites for hydroxylation is 1. The maximum Gasteiger partial charge on any atom is 0.230 e. The molecule has 6 heteroatoms. The van der Waals surface area contributed by atoms with Crippen molar-refractivity contribution in [3.63, 3.8) is 0 Å². The topological polar surface area (TPSA) is 36.3 Å². The van der Waals surface area contributed by atoms with E-state index in [1.807, 2.05) is 55.5 Å². The van der Waals surface area contributed by atoms with Gasteiger partial charge in [-0.15, -0.1) is 0 Å². The van der Waals surface area contributed by atoms with Crippen molar-refractivity contribution < 1.29 is 9.47 Å². The molecular weight excluding hydrogens is 359 g/mol. The summed E-state index contributed by atoms with van der Waals surface area (Å²) < 4.78 is 13.2. The Kier molecular flexibility index (Phi) is 5.63. The molecule has 0 spiro atoms. The average Bonchev–Trinajstić information content (AvgIpc) is 3.14. The second-order valence-corrected chi connectivity index (χ2v) is 6.71. The van der Waals surface area contributed by atoms with Crippen molar-refractivity contribution in [2.75, 3.05) is 6.79 Å². The molecule has 1 unspecified atom stereocenters. The maximum absolute atomic E-state index is 6.76. The molecule has 0 aliphatic rings. The first-order chi connectivity index (χ1) is 12.0. The Balaban J connectivity index is 1.70. The smallest absolute Gasteiger partial charge is 0.230 e. The molecular formula is C19H18Cl2N2O2. The van der Waals surface area contributed by atoms with Gasteiger partial charge in [-0.05, 0) is 36.8 Å². The van der Waals surface area contributed by atoms with Crippen LogP contribution >= 0.6 is 23.2 Å². The number of aromatic nitrogens is 2. The van der Waals surface area contributed by atoms with Crippen molar-refractivity contribution >= 4 is 23.2 Å². The van der Waals surface area contributed by atoms with Gasteiger partial charge in [-0.3, -0.25) is 4.57 Å². The minimum absolute atomic E-state index is 0.0122. The molecule has 0 saturated heterocycles. The zero-order valence-corrected chi connectivity index (χ0v) is 15.2. The fourth-order valence-electron chi connectivity index (χ4n) is 2.35. The van der Waals surface area contributed by atoms with Crippen LogP contribution in [0.1, 0.15) is 11.1 Å². The Morgan fingerprint density at radius 3 is 2.44 bits per heavy atom. The Hall–Kier alpha value is -2.01. The second kappa shape index (κ2) is 7.91. The summed E-state index contributed by atoms with van der Waals surface area (Å²) >= 11 is 12.7. The number of alkyl halides is 1. The molecule has 3 aromatic rings. The normalized spacial score (nSPS) is 13.4. The summed E-state index contributed by atoms with van der Waals surface area (Å²) in [6.07, 6.45) is 5.46. The third-order valence-corrected chi connectivity index (χ3v) is 4.44. The van der Waals surface area contributed by atoms with Gasteiger partial charge in [-0.25, -0.2) is 4.98 Å². The molecule has 0 bridgehead atoms. The molecule has 0 amide bonds. The van der Waals surface area contributed by atoms with Crippen LogP contribution in [-0.4, -0.2) is 16.3 Å². The number of imidazole rings is 1. The Bertz CT molecular complexity index is 789. The lowest BCUT2D eigenvalue weighted by atomic mass is 10.1. The van der Waals surface area contributed by atoms with Crippen LogP contribution in [0.25, 0.3) is 0 Å². The molecule has 0 N–H and O–H groups in total. The van der Waals surface area contributed by atoms with Crippen LogP contribution < -0.4 is 4.74 Å². The number of hydrogen-bond donors (Lipinski definition) is 0. The van der Waals surface area contributed by atoms with Crippen molar-refractivity contribution in [1.82, 2.24) is 9.55 Å². The van der Waals surface area contributed by atoms with E-state index in [9.17, 15) is 0 Å². The van der Waals surface area contributed by atoms with Crippen molar-refractivity contribution in [1.29, 1.82) is 0 Å². The molecule has 0 fully saturated rings. The molecule has 1 atom stereocenters. The molecule has 2 aromatic carbocycles. The fraction of sp³-hybridized carbons (Fsp3) is 0.211. The van der Waals surface area contributed by atoms with Gasteiger partial charge in [0, 0.05) is 23.8 Å². The summed E-state index contributed by atoms with van der Waals surface area (Å²) in [5.41, 5.74) is 2.16. The summed E-state index contributed by atoms with van der Waals surface area (Å²) in [7, 11) is 0. The lowest BCUT2D eigenvalue weighted by Gasteiger charge is -2.28. The molecule has 1 heterocycles. The van der Waals surface area contributed by atoms with Gasteiger partial charge in [0.1, 0.15) is 5.75 Å². The van der Waals surface area contributed by atoms with E-state index >= 15 is 0 Å². The van der Waals surface area contributed by atoms with E-state index in [0.29, 0.717) is 11.4 Å². The highest BCUT2D eigenvalue weighted by Gasteiger charge is 2.31. The lowest BCUT2D eigenvalue weighted by Crippen LogP contribution is -2.33. The number of halogens is 2. The van der Waals surface area contributed by atoms with Crippen molar-refractivity contribution in [3.05, 3.63) is 83.4 Å². The van der Waals surface area contributed by atoms with E-state index in [0.717, 1.165) is 11.3 Å². The highest BCUT2D eigenvalue weighted by atomic mass is 35.5. The number of hydrogen-bond acceptors (Lipinski definition) is 3. The van der Waals surface area contributed by atoms with E-state index in [4.69, 9.17) is 32.7 Å². The summed E-state index contributed by atoms with van der Waals surface area (Å²) in [4.78, 5) is 4.06. The fourth-order valence-corrected chi connectivity index (χ4v) is 2.77. The first-order valence-corrected chi connectivity index (χ1v) is 8.56. The predicted molar refractivity (Wildman–Crippen MR) is 99.0 cm³/mol. The van der Waals surface area contributed by atoms with E-state index in [1.54, 1.807) is 23.3 Å². The molecule has 0 aliphatic heterocycles. The van der Waals surface area contributed by atoms with Crippen LogP contribution in [0.2, 0.25) is 5.02 Å². The van der Waals surface area contributed by atoms with Gasteiger partial charge in [0.2, 0.25) is 5.18 Å². The van der Waals surface area contributed by atoms with E-state index < -0.39 is 5.18 Å². The zero-order chi connectivity index (χ0) is 17.7. The van der Waals surface area contributed by atoms with E-state index in [1.165, 1.54) is 5.56 Å². The Labute approximate surface area is 156 Å². The minimum atomic E-state index is -1.14. The van der Waals surface area contributed by atoms with Crippen LogP contribution in [0.3, 0.4) is 0 Å². The maximum atomic E-state index is 6.76. The largest absolute Gasteiger partial charge is 0.467 e. The molecule has 25 heavy (non-hydrogen) atoms. The summed E-state index contributed by atoms with van der Waals surface area (Å²) in [5.74, 6) is 0.724. The molecule has 0 radical (unpaired) electrons. The van der Waals surface area contributed by atoms with Crippen LogP contribution in [0.4, 0.5) is 0 Å². The standard InChI is InChI=1S/C19H18Cl2N2O2/c1-15-2-8-18(9-3-15)24-14-25-19(21,23-11-10-22-13-23)12-16-4-6-17(20)7-5-16/h2-11,13H,12,14H2,1H3. The summed E-state index contributed by atoms with van der Waals surface area (Å²) in [5, 5.41) is -0.468. The van der Waals surface area contributed by atoms with E-state index in [-0.39, 0.29) is 6.79 Å². The molecule has 1 aromatic heterocycles. The highest BCUT2D eigenvalue weighted by Crippen LogP contribution is 2.29. The molecule has 0 aliphatic carbocycles. The molecule has 3 rings (SSSR count). The monoisotopic (exact) mass is 376 g/mol. The zero-order valence-electron chi connectivity index (χ0n) is 13.7. The SMILES string of the molecule is Cc1ccc(OCOC(Cl)(Cc2ccc(Cl)cc2)n2ccnc2)cc1.